The number of nitrogens with zero attached hydrogens (tertiary/aromatic N) is 2. The van der Waals surface area contributed by atoms with Gasteiger partial charge in [0.25, 0.3) is 0 Å². The molecule has 2 heterocycles. The van der Waals surface area contributed by atoms with E-state index in [2.05, 4.69) is 5.16 Å². The van der Waals surface area contributed by atoms with E-state index in [-0.39, 0.29) is 17.9 Å². The summed E-state index contributed by atoms with van der Waals surface area (Å²) in [4.78, 5) is 17.8. The molecule has 0 saturated carbocycles. The molecule has 0 spiro atoms. The molecule has 3 atom stereocenters. The lowest BCUT2D eigenvalue weighted by molar-refractivity contribution is 0.0953. The summed E-state index contributed by atoms with van der Waals surface area (Å²) in [6.07, 6.45) is -0.275. The fourth-order valence-corrected chi connectivity index (χ4v) is 3.71. The van der Waals surface area contributed by atoms with Crippen LogP contribution in [0.1, 0.15) is 51.9 Å². The smallest absolute Gasteiger partial charge is 0.222 e. The van der Waals surface area contributed by atoms with E-state index < -0.39 is 5.92 Å². The molecule has 1 aliphatic heterocycles. The van der Waals surface area contributed by atoms with E-state index in [0.717, 1.165) is 5.56 Å². The molecule has 0 N–H and O–H groups in total. The van der Waals surface area contributed by atoms with Gasteiger partial charge in [-0.2, -0.15) is 0 Å². The number of ketones is 1. The van der Waals surface area contributed by atoms with Crippen molar-refractivity contribution in [2.75, 3.05) is 13.7 Å². The number of hydrogen-bond donors (Lipinski definition) is 0. The second-order valence-corrected chi connectivity index (χ2v) is 7.37. The van der Waals surface area contributed by atoms with Crippen molar-refractivity contribution in [2.45, 2.75) is 31.9 Å². The Kier molecular flexibility index (Phi) is 5.77. The average Bonchev–Trinajstić information content (AvgIpc) is 3.37. The molecule has 6 heteroatoms. The summed E-state index contributed by atoms with van der Waals surface area (Å²) in [5.41, 5.74) is 2.92. The van der Waals surface area contributed by atoms with Gasteiger partial charge in [0.1, 0.15) is 11.6 Å². The Morgan fingerprint density at radius 1 is 1.10 bits per heavy atom. The first-order chi connectivity index (χ1) is 14.6. The Hall–Kier alpha value is -3.25. The van der Waals surface area contributed by atoms with Crippen LogP contribution in [0.15, 0.2) is 70.2 Å². The van der Waals surface area contributed by atoms with Gasteiger partial charge >= 0.3 is 0 Å². The normalized spacial score (nSPS) is 19.2. The van der Waals surface area contributed by atoms with Gasteiger partial charge in [-0.3, -0.25) is 4.79 Å². The molecule has 6 nitrogen and oxygen atoms in total. The van der Waals surface area contributed by atoms with E-state index in [1.165, 1.54) is 0 Å². The average molecular weight is 404 g/mol. The molecule has 0 bridgehead atoms. The Morgan fingerprint density at radius 3 is 2.43 bits per heavy atom. The van der Waals surface area contributed by atoms with Crippen molar-refractivity contribution in [1.29, 1.82) is 0 Å². The van der Waals surface area contributed by atoms with Gasteiger partial charge in [0, 0.05) is 12.7 Å². The number of methoxy groups -OCH3 is 1. The maximum absolute atomic E-state index is 13.0. The molecule has 1 aromatic heterocycles. The van der Waals surface area contributed by atoms with E-state index in [4.69, 9.17) is 19.0 Å². The Balaban J connectivity index is 1.67. The van der Waals surface area contributed by atoms with Crippen LogP contribution in [0.25, 0.3) is 0 Å². The number of hydrogen-bond acceptors (Lipinski definition) is 6. The maximum Gasteiger partial charge on any atom is 0.222 e. The van der Waals surface area contributed by atoms with E-state index in [1.807, 2.05) is 62.4 Å². The summed E-state index contributed by atoms with van der Waals surface area (Å²) >= 11 is 0. The van der Waals surface area contributed by atoms with E-state index in [9.17, 15) is 4.79 Å². The van der Waals surface area contributed by atoms with Crippen LogP contribution in [-0.2, 0) is 9.47 Å². The van der Waals surface area contributed by atoms with Crippen LogP contribution < -0.4 is 0 Å². The summed E-state index contributed by atoms with van der Waals surface area (Å²) in [5, 5.41) is 4.11. The van der Waals surface area contributed by atoms with Gasteiger partial charge in [0.15, 0.2) is 17.6 Å². The SMILES string of the molecule is COC[C@@H]1N=C(c2c(C)noc2[C@H](C)C(=O)c2ccccc2)O[C@H]1c1ccccc1. The zero-order chi connectivity index (χ0) is 21.1. The zero-order valence-corrected chi connectivity index (χ0v) is 17.2. The molecule has 1 aliphatic rings. The van der Waals surface area contributed by atoms with E-state index in [0.29, 0.717) is 35.1 Å². The van der Waals surface area contributed by atoms with Gasteiger partial charge in [0.2, 0.25) is 5.90 Å². The Labute approximate surface area is 175 Å². The maximum atomic E-state index is 13.0. The van der Waals surface area contributed by atoms with Crippen molar-refractivity contribution in [3.8, 4) is 0 Å². The van der Waals surface area contributed by atoms with Gasteiger partial charge in [-0.15, -0.1) is 0 Å². The van der Waals surface area contributed by atoms with Crippen molar-refractivity contribution in [1.82, 2.24) is 5.16 Å². The van der Waals surface area contributed by atoms with Crippen LogP contribution >= 0.6 is 0 Å². The molecular weight excluding hydrogens is 380 g/mol. The summed E-state index contributed by atoms with van der Waals surface area (Å²) in [5.74, 6) is 0.337. The lowest BCUT2D eigenvalue weighted by Crippen LogP contribution is -2.19. The molecule has 2 aromatic carbocycles. The molecule has 0 fully saturated rings. The molecule has 0 radical (unpaired) electrons. The topological polar surface area (TPSA) is 73.9 Å². The third-order valence-electron chi connectivity index (χ3n) is 5.28. The quantitative estimate of drug-likeness (QED) is 0.542. The van der Waals surface area contributed by atoms with Crippen molar-refractivity contribution in [2.24, 2.45) is 4.99 Å². The van der Waals surface area contributed by atoms with Crippen molar-refractivity contribution < 1.29 is 18.8 Å². The molecule has 0 amide bonds. The molecule has 0 saturated heterocycles. The summed E-state index contributed by atoms with van der Waals surface area (Å²) in [6, 6.07) is 18.9. The third kappa shape index (κ3) is 3.78. The number of Topliss-reactive ketones (excluding diaryl/α,β-unsaturated/α-hetero) is 1. The van der Waals surface area contributed by atoms with E-state index in [1.54, 1.807) is 19.2 Å². The summed E-state index contributed by atoms with van der Waals surface area (Å²) in [7, 11) is 1.65. The predicted octanol–water partition coefficient (Wildman–Crippen LogP) is 4.50. The number of ether oxygens (including phenoxy) is 2. The summed E-state index contributed by atoms with van der Waals surface area (Å²) < 4.78 is 17.2. The first-order valence-electron chi connectivity index (χ1n) is 9.94. The molecule has 3 aromatic rings. The van der Waals surface area contributed by atoms with Crippen LogP contribution in [0.3, 0.4) is 0 Å². The molecule has 0 aliphatic carbocycles. The monoisotopic (exact) mass is 404 g/mol. The van der Waals surface area contributed by atoms with Crippen LogP contribution in [0.2, 0.25) is 0 Å². The standard InChI is InChI=1S/C24H24N2O4/c1-15(21(27)17-10-6-4-7-11-17)22-20(16(2)26-30-22)24-25-19(14-28-3)23(29-24)18-12-8-5-9-13-18/h4-13,15,19,23H,14H2,1-3H3/t15-,19+,23+/m1/s1. The fourth-order valence-electron chi connectivity index (χ4n) is 3.71. The zero-order valence-electron chi connectivity index (χ0n) is 17.2. The minimum absolute atomic E-state index is 0.0420. The molecular formula is C24H24N2O4. The molecule has 0 unspecified atom stereocenters. The number of aryl methyl sites for hydroxylation is 1. The van der Waals surface area contributed by atoms with Gasteiger partial charge in [-0.05, 0) is 19.4 Å². The third-order valence-corrected chi connectivity index (χ3v) is 5.28. The van der Waals surface area contributed by atoms with Gasteiger partial charge < -0.3 is 14.0 Å². The molecule has 154 valence electrons. The first-order valence-corrected chi connectivity index (χ1v) is 9.94. The highest BCUT2D eigenvalue weighted by molar-refractivity contribution is 6.04. The largest absolute Gasteiger partial charge is 0.467 e. The number of carbonyl (C=O) groups excluding carboxylic acids is 1. The minimum Gasteiger partial charge on any atom is -0.467 e. The fraction of sp³-hybridized carbons (Fsp3) is 0.292. The Bertz CT molecular complexity index is 1040. The van der Waals surface area contributed by atoms with Crippen LogP contribution in [0.4, 0.5) is 0 Å². The number of rotatable bonds is 7. The van der Waals surface area contributed by atoms with Crippen molar-refractivity contribution >= 4 is 11.7 Å². The number of carbonyl (C=O) groups is 1. The number of benzene rings is 2. The highest BCUT2D eigenvalue weighted by atomic mass is 16.5. The molecule has 4 rings (SSSR count). The van der Waals surface area contributed by atoms with Crippen LogP contribution in [-0.4, -0.2) is 36.6 Å². The van der Waals surface area contributed by atoms with Gasteiger partial charge in [0.05, 0.1) is 18.2 Å². The van der Waals surface area contributed by atoms with Gasteiger partial charge in [-0.25, -0.2) is 4.99 Å². The highest BCUT2D eigenvalue weighted by Gasteiger charge is 2.37. The number of aliphatic imine (C=N–C) groups is 1. The lowest BCUT2D eigenvalue weighted by Gasteiger charge is -2.17. The first kappa shape index (κ1) is 20.0. The summed E-state index contributed by atoms with van der Waals surface area (Å²) in [6.45, 7) is 4.06. The van der Waals surface area contributed by atoms with Crippen molar-refractivity contribution in [3.63, 3.8) is 0 Å². The second kappa shape index (κ2) is 8.63. The number of aromatic nitrogens is 1. The predicted molar refractivity (Wildman–Crippen MR) is 113 cm³/mol. The lowest BCUT2D eigenvalue weighted by atomic mass is 9.94. The Morgan fingerprint density at radius 2 is 1.77 bits per heavy atom. The second-order valence-electron chi connectivity index (χ2n) is 7.37. The van der Waals surface area contributed by atoms with Crippen molar-refractivity contribution in [3.05, 3.63) is 88.8 Å². The van der Waals surface area contributed by atoms with Gasteiger partial charge in [-0.1, -0.05) is 65.8 Å². The molecule has 30 heavy (non-hydrogen) atoms. The van der Waals surface area contributed by atoms with E-state index >= 15 is 0 Å². The highest BCUT2D eigenvalue weighted by Crippen LogP contribution is 2.35. The van der Waals surface area contributed by atoms with Crippen LogP contribution in [0.5, 0.6) is 0 Å². The van der Waals surface area contributed by atoms with Crippen LogP contribution in [0, 0.1) is 6.92 Å². The minimum atomic E-state index is -0.522.